The number of aryl methyl sites for hydroxylation is 1. The summed E-state index contributed by atoms with van der Waals surface area (Å²) in [5, 5.41) is 4.23. The Labute approximate surface area is 114 Å². The van der Waals surface area contributed by atoms with Crippen LogP contribution >= 0.6 is 15.9 Å². The molecule has 0 atom stereocenters. The molecule has 1 heterocycles. The van der Waals surface area contributed by atoms with Gasteiger partial charge in [0.15, 0.2) is 9.84 Å². The van der Waals surface area contributed by atoms with Crippen molar-refractivity contribution in [1.29, 1.82) is 0 Å². The fourth-order valence-electron chi connectivity index (χ4n) is 1.58. The molecule has 2 rings (SSSR count). The van der Waals surface area contributed by atoms with Crippen molar-refractivity contribution in [3.8, 4) is 11.3 Å². The van der Waals surface area contributed by atoms with Gasteiger partial charge in [-0.25, -0.2) is 8.42 Å². The van der Waals surface area contributed by atoms with Crippen molar-refractivity contribution < 1.29 is 8.42 Å². The van der Waals surface area contributed by atoms with Crippen LogP contribution in [0.25, 0.3) is 11.3 Å². The molecule has 1 aromatic carbocycles. The van der Waals surface area contributed by atoms with Gasteiger partial charge in [-0.3, -0.25) is 4.68 Å². The van der Waals surface area contributed by atoms with Gasteiger partial charge in [-0.1, -0.05) is 6.07 Å². The molecule has 0 spiro atoms. The normalized spacial score (nSPS) is 11.7. The number of anilines is 1. The van der Waals surface area contributed by atoms with Gasteiger partial charge in [-0.05, 0) is 28.1 Å². The molecule has 0 radical (unpaired) electrons. The van der Waals surface area contributed by atoms with E-state index in [9.17, 15) is 8.42 Å². The van der Waals surface area contributed by atoms with Crippen LogP contribution in [0.4, 0.5) is 5.82 Å². The SMILES string of the molecule is Cn1nc(-c2ccc(S(C)(=O)=O)c(Br)c2)cc1N. The van der Waals surface area contributed by atoms with Crippen LogP contribution in [0.1, 0.15) is 0 Å². The molecule has 1 aromatic heterocycles. The molecule has 0 saturated heterocycles. The molecule has 0 aliphatic rings. The van der Waals surface area contributed by atoms with E-state index in [1.165, 1.54) is 6.26 Å². The number of nitrogen functional groups attached to an aromatic ring is 1. The van der Waals surface area contributed by atoms with E-state index in [4.69, 9.17) is 5.73 Å². The highest BCUT2D eigenvalue weighted by atomic mass is 79.9. The average Bonchev–Trinajstić information content (AvgIpc) is 2.57. The molecule has 0 aliphatic carbocycles. The molecule has 5 nitrogen and oxygen atoms in total. The Morgan fingerprint density at radius 2 is 2.00 bits per heavy atom. The summed E-state index contributed by atoms with van der Waals surface area (Å²) in [6.07, 6.45) is 1.17. The first-order valence-electron chi connectivity index (χ1n) is 5.08. The number of nitrogens with two attached hydrogens (primary N) is 1. The Morgan fingerprint density at radius 3 is 2.44 bits per heavy atom. The van der Waals surface area contributed by atoms with Crippen LogP contribution in [0.2, 0.25) is 0 Å². The first-order valence-corrected chi connectivity index (χ1v) is 7.77. The molecule has 0 fully saturated rings. The summed E-state index contributed by atoms with van der Waals surface area (Å²) in [6.45, 7) is 0. The molecule has 7 heteroatoms. The molecule has 0 unspecified atom stereocenters. The van der Waals surface area contributed by atoms with Crippen molar-refractivity contribution in [2.24, 2.45) is 7.05 Å². The van der Waals surface area contributed by atoms with Crippen LogP contribution in [0, 0.1) is 0 Å². The molecule has 0 bridgehead atoms. The van der Waals surface area contributed by atoms with E-state index in [1.54, 1.807) is 36.0 Å². The Bertz CT molecular complexity index is 688. The largest absolute Gasteiger partial charge is 0.384 e. The molecule has 2 N–H and O–H groups in total. The highest BCUT2D eigenvalue weighted by Gasteiger charge is 2.13. The summed E-state index contributed by atoms with van der Waals surface area (Å²) in [7, 11) is -1.48. The summed E-state index contributed by atoms with van der Waals surface area (Å²) in [4.78, 5) is 0.259. The van der Waals surface area contributed by atoms with Gasteiger partial charge in [0.05, 0.1) is 10.6 Å². The van der Waals surface area contributed by atoms with E-state index in [0.29, 0.717) is 16.0 Å². The molecule has 96 valence electrons. The quantitative estimate of drug-likeness (QED) is 0.911. The van der Waals surface area contributed by atoms with Crippen LogP contribution in [-0.2, 0) is 16.9 Å². The fraction of sp³-hybridized carbons (Fsp3) is 0.182. The van der Waals surface area contributed by atoms with Crippen molar-refractivity contribution in [1.82, 2.24) is 9.78 Å². The van der Waals surface area contributed by atoms with Gasteiger partial charge in [0.25, 0.3) is 0 Å². The maximum absolute atomic E-state index is 11.5. The van der Waals surface area contributed by atoms with Crippen molar-refractivity contribution in [2.75, 3.05) is 12.0 Å². The first-order chi connectivity index (χ1) is 8.29. The minimum atomic E-state index is -3.23. The summed E-state index contributed by atoms with van der Waals surface area (Å²) >= 11 is 3.26. The number of hydrogen-bond donors (Lipinski definition) is 1. The van der Waals surface area contributed by atoms with E-state index >= 15 is 0 Å². The summed E-state index contributed by atoms with van der Waals surface area (Å²) in [6, 6.07) is 6.72. The van der Waals surface area contributed by atoms with E-state index in [0.717, 1.165) is 5.56 Å². The number of nitrogens with zero attached hydrogens (tertiary/aromatic N) is 2. The van der Waals surface area contributed by atoms with Crippen molar-refractivity contribution in [2.45, 2.75) is 4.90 Å². The number of halogens is 1. The third-order valence-electron chi connectivity index (χ3n) is 2.54. The van der Waals surface area contributed by atoms with Gasteiger partial charge in [-0.2, -0.15) is 5.10 Å². The lowest BCUT2D eigenvalue weighted by atomic mass is 10.1. The van der Waals surface area contributed by atoms with Crippen LogP contribution in [0.3, 0.4) is 0 Å². The lowest BCUT2D eigenvalue weighted by Crippen LogP contribution is -1.98. The predicted molar refractivity (Wildman–Crippen MR) is 73.9 cm³/mol. The summed E-state index contributed by atoms with van der Waals surface area (Å²) in [5.74, 6) is 0.549. The maximum Gasteiger partial charge on any atom is 0.176 e. The van der Waals surface area contributed by atoms with E-state index in [-0.39, 0.29) is 4.90 Å². The van der Waals surface area contributed by atoms with Crippen LogP contribution in [0.5, 0.6) is 0 Å². The van der Waals surface area contributed by atoms with Crippen LogP contribution in [-0.4, -0.2) is 24.5 Å². The third kappa shape index (κ3) is 2.41. The number of aromatic nitrogens is 2. The molecule has 0 aliphatic heterocycles. The number of rotatable bonds is 2. The Balaban J connectivity index is 2.53. The standard InChI is InChI=1S/C11H12BrN3O2S/c1-15-11(13)6-9(14-15)7-3-4-10(8(12)5-7)18(2,16)17/h3-6H,13H2,1-2H3. The Kier molecular flexibility index (Phi) is 3.20. The second-order valence-corrected chi connectivity index (χ2v) is 6.83. The number of benzene rings is 1. The van der Waals surface area contributed by atoms with Crippen LogP contribution < -0.4 is 5.73 Å². The van der Waals surface area contributed by atoms with Gasteiger partial charge < -0.3 is 5.73 Å². The van der Waals surface area contributed by atoms with E-state index < -0.39 is 9.84 Å². The van der Waals surface area contributed by atoms with E-state index in [1.807, 2.05) is 0 Å². The van der Waals surface area contributed by atoms with E-state index in [2.05, 4.69) is 21.0 Å². The molecular formula is C11H12BrN3O2S. The highest BCUT2D eigenvalue weighted by Crippen LogP contribution is 2.28. The van der Waals surface area contributed by atoms with Gasteiger partial charge in [-0.15, -0.1) is 0 Å². The monoisotopic (exact) mass is 329 g/mol. The Morgan fingerprint density at radius 1 is 1.33 bits per heavy atom. The zero-order chi connectivity index (χ0) is 13.5. The molecular weight excluding hydrogens is 318 g/mol. The molecule has 0 saturated carbocycles. The van der Waals surface area contributed by atoms with Crippen LogP contribution in [0.15, 0.2) is 33.6 Å². The van der Waals surface area contributed by atoms with Gasteiger partial charge in [0.1, 0.15) is 5.82 Å². The van der Waals surface area contributed by atoms with Gasteiger partial charge >= 0.3 is 0 Å². The van der Waals surface area contributed by atoms with Crippen molar-refractivity contribution in [3.63, 3.8) is 0 Å². The smallest absolute Gasteiger partial charge is 0.176 e. The van der Waals surface area contributed by atoms with Crippen molar-refractivity contribution >= 4 is 31.6 Å². The minimum Gasteiger partial charge on any atom is -0.384 e. The molecule has 2 aromatic rings. The summed E-state index contributed by atoms with van der Waals surface area (Å²) in [5.41, 5.74) is 7.22. The molecule has 18 heavy (non-hydrogen) atoms. The number of hydrogen-bond acceptors (Lipinski definition) is 4. The zero-order valence-electron chi connectivity index (χ0n) is 9.88. The lowest BCUT2D eigenvalue weighted by molar-refractivity contribution is 0.601. The topological polar surface area (TPSA) is 78.0 Å². The molecule has 0 amide bonds. The Hall–Kier alpha value is -1.34. The van der Waals surface area contributed by atoms with Gasteiger partial charge in [0, 0.05) is 29.4 Å². The predicted octanol–water partition coefficient (Wildman–Crippen LogP) is 1.84. The highest BCUT2D eigenvalue weighted by molar-refractivity contribution is 9.10. The second kappa shape index (κ2) is 4.40. The maximum atomic E-state index is 11.5. The fourth-order valence-corrected chi connectivity index (χ4v) is 3.57. The zero-order valence-corrected chi connectivity index (χ0v) is 12.3. The minimum absolute atomic E-state index is 0.259. The van der Waals surface area contributed by atoms with Crippen molar-refractivity contribution in [3.05, 3.63) is 28.7 Å². The van der Waals surface area contributed by atoms with Gasteiger partial charge in [0.2, 0.25) is 0 Å². The third-order valence-corrected chi connectivity index (χ3v) is 4.62. The average molecular weight is 330 g/mol. The summed E-state index contributed by atoms with van der Waals surface area (Å²) < 4.78 is 25.1. The lowest BCUT2D eigenvalue weighted by Gasteiger charge is -2.04. The first kappa shape index (κ1) is 13.1. The number of sulfone groups is 1. The second-order valence-electron chi connectivity index (χ2n) is 4.00.